The molecule has 2 heterocycles. The van der Waals surface area contributed by atoms with Crippen molar-refractivity contribution in [3.63, 3.8) is 0 Å². The van der Waals surface area contributed by atoms with Gasteiger partial charge >= 0.3 is 0 Å². The maximum absolute atomic E-state index is 13.1. The van der Waals surface area contributed by atoms with Crippen molar-refractivity contribution in [2.75, 3.05) is 23.3 Å². The first-order chi connectivity index (χ1) is 15.3. The van der Waals surface area contributed by atoms with Gasteiger partial charge in [-0.15, -0.1) is 0 Å². The Morgan fingerprint density at radius 1 is 1.16 bits per heavy atom. The maximum atomic E-state index is 13.1. The van der Waals surface area contributed by atoms with Crippen LogP contribution in [0.2, 0.25) is 5.02 Å². The normalized spacial score (nSPS) is 13.4. The van der Waals surface area contributed by atoms with E-state index in [2.05, 4.69) is 9.71 Å². The van der Waals surface area contributed by atoms with Gasteiger partial charge in [0.25, 0.3) is 15.9 Å². The van der Waals surface area contributed by atoms with Crippen molar-refractivity contribution in [1.29, 1.82) is 0 Å². The zero-order chi connectivity index (χ0) is 22.9. The molecule has 1 aliphatic heterocycles. The predicted octanol–water partition coefficient (Wildman–Crippen LogP) is 4.45. The van der Waals surface area contributed by atoms with Crippen LogP contribution >= 0.6 is 11.6 Å². The van der Waals surface area contributed by atoms with Crippen molar-refractivity contribution >= 4 is 38.9 Å². The number of anilines is 2. The second kappa shape index (κ2) is 8.80. The van der Waals surface area contributed by atoms with Gasteiger partial charge in [0.2, 0.25) is 0 Å². The van der Waals surface area contributed by atoms with Gasteiger partial charge in [-0.05, 0) is 73.4 Å². The van der Waals surface area contributed by atoms with Crippen molar-refractivity contribution in [3.8, 4) is 5.75 Å². The van der Waals surface area contributed by atoms with Gasteiger partial charge in [0.15, 0.2) is 0 Å². The van der Waals surface area contributed by atoms with Gasteiger partial charge in [0, 0.05) is 40.9 Å². The number of sulfonamides is 1. The van der Waals surface area contributed by atoms with Gasteiger partial charge in [0.05, 0.1) is 7.11 Å². The van der Waals surface area contributed by atoms with Crippen LogP contribution in [0.3, 0.4) is 0 Å². The molecule has 32 heavy (non-hydrogen) atoms. The Morgan fingerprint density at radius 3 is 2.62 bits per heavy atom. The molecule has 0 unspecified atom stereocenters. The van der Waals surface area contributed by atoms with Gasteiger partial charge in [-0.1, -0.05) is 11.6 Å². The fourth-order valence-electron chi connectivity index (χ4n) is 3.74. The lowest BCUT2D eigenvalue weighted by atomic mass is 10.0. The van der Waals surface area contributed by atoms with E-state index in [4.69, 9.17) is 16.3 Å². The number of rotatable bonds is 5. The second-order valence-electron chi connectivity index (χ2n) is 7.50. The monoisotopic (exact) mass is 471 g/mol. The molecule has 0 saturated heterocycles. The van der Waals surface area contributed by atoms with Gasteiger partial charge < -0.3 is 9.64 Å². The molecule has 1 aromatic heterocycles. The number of halogens is 1. The van der Waals surface area contributed by atoms with E-state index in [-0.39, 0.29) is 16.6 Å². The molecule has 2 aromatic carbocycles. The molecule has 9 heteroatoms. The zero-order valence-electron chi connectivity index (χ0n) is 17.6. The molecule has 0 saturated carbocycles. The fraction of sp³-hybridized carbons (Fsp3) is 0.217. The molecule has 1 N–H and O–H groups in total. The lowest BCUT2D eigenvalue weighted by Crippen LogP contribution is -2.35. The number of fused-ring (bicyclic) bond motifs is 1. The quantitative estimate of drug-likeness (QED) is 0.594. The highest BCUT2D eigenvalue weighted by molar-refractivity contribution is 7.92. The van der Waals surface area contributed by atoms with E-state index in [1.807, 2.05) is 0 Å². The lowest BCUT2D eigenvalue weighted by molar-refractivity contribution is 0.0985. The number of hydrogen-bond donors (Lipinski definition) is 1. The number of benzene rings is 2. The average Bonchev–Trinajstić information content (AvgIpc) is 2.79. The summed E-state index contributed by atoms with van der Waals surface area (Å²) in [5, 5.41) is 0.335. The molecule has 166 valence electrons. The van der Waals surface area contributed by atoms with Crippen LogP contribution < -0.4 is 14.4 Å². The van der Waals surface area contributed by atoms with Crippen LogP contribution in [0.5, 0.6) is 5.75 Å². The Kier molecular flexibility index (Phi) is 6.08. The number of pyridine rings is 1. The summed E-state index contributed by atoms with van der Waals surface area (Å²) < 4.78 is 34.0. The van der Waals surface area contributed by atoms with E-state index in [1.54, 1.807) is 60.6 Å². The number of nitrogens with one attached hydrogen (secondary N) is 1. The SMILES string of the molecule is COc1cc(C)c(Cl)cc1S(=O)(=O)Nc1ccc2c(c1)CCCN2C(=O)c1ccncc1. The van der Waals surface area contributed by atoms with Crippen LogP contribution in [0.1, 0.15) is 27.9 Å². The Bertz CT molecular complexity index is 1280. The third kappa shape index (κ3) is 4.28. The molecule has 0 fully saturated rings. The highest BCUT2D eigenvalue weighted by atomic mass is 35.5. The number of amides is 1. The molecule has 1 aliphatic rings. The van der Waals surface area contributed by atoms with Crippen LogP contribution in [-0.4, -0.2) is 33.0 Å². The number of carbonyl (C=O) groups excluding carboxylic acids is 1. The van der Waals surface area contributed by atoms with Crippen LogP contribution in [0.4, 0.5) is 11.4 Å². The van der Waals surface area contributed by atoms with Crippen LogP contribution in [0.15, 0.2) is 59.8 Å². The molecule has 0 bridgehead atoms. The summed E-state index contributed by atoms with van der Waals surface area (Å²) in [6, 6.07) is 11.5. The summed E-state index contributed by atoms with van der Waals surface area (Å²) >= 11 is 6.15. The molecule has 3 aromatic rings. The Hall–Kier alpha value is -3.10. The predicted molar refractivity (Wildman–Crippen MR) is 124 cm³/mol. The highest BCUT2D eigenvalue weighted by Crippen LogP contribution is 2.34. The van der Waals surface area contributed by atoms with Crippen LogP contribution in [0, 0.1) is 6.92 Å². The number of carbonyl (C=O) groups is 1. The molecule has 1 amide bonds. The summed E-state index contributed by atoms with van der Waals surface area (Å²) in [5.74, 6) is 0.104. The van der Waals surface area contributed by atoms with Crippen molar-refractivity contribution in [2.24, 2.45) is 0 Å². The number of methoxy groups -OCH3 is 1. The molecule has 0 atom stereocenters. The summed E-state index contributed by atoms with van der Waals surface area (Å²) in [7, 11) is -2.53. The van der Waals surface area contributed by atoms with E-state index in [0.717, 1.165) is 29.7 Å². The van der Waals surface area contributed by atoms with E-state index >= 15 is 0 Å². The average molecular weight is 472 g/mol. The van der Waals surface area contributed by atoms with Crippen LogP contribution in [-0.2, 0) is 16.4 Å². The second-order valence-corrected chi connectivity index (χ2v) is 9.56. The summed E-state index contributed by atoms with van der Waals surface area (Å²) in [6.07, 6.45) is 4.69. The smallest absolute Gasteiger partial charge is 0.265 e. The minimum atomic E-state index is -3.94. The number of nitrogens with zero attached hydrogens (tertiary/aromatic N) is 2. The highest BCUT2D eigenvalue weighted by Gasteiger charge is 2.25. The van der Waals surface area contributed by atoms with E-state index in [0.29, 0.717) is 22.8 Å². The Morgan fingerprint density at radius 2 is 1.91 bits per heavy atom. The summed E-state index contributed by atoms with van der Waals surface area (Å²) in [4.78, 5) is 18.6. The number of ether oxygens (including phenoxy) is 1. The summed E-state index contributed by atoms with van der Waals surface area (Å²) in [6.45, 7) is 2.37. The zero-order valence-corrected chi connectivity index (χ0v) is 19.2. The molecule has 7 nitrogen and oxygen atoms in total. The van der Waals surface area contributed by atoms with Gasteiger partial charge in [-0.25, -0.2) is 8.42 Å². The fourth-order valence-corrected chi connectivity index (χ4v) is 5.19. The van der Waals surface area contributed by atoms with Crippen molar-refractivity contribution in [2.45, 2.75) is 24.7 Å². The van der Waals surface area contributed by atoms with Crippen LogP contribution in [0.25, 0.3) is 0 Å². The molecule has 0 aliphatic carbocycles. The maximum Gasteiger partial charge on any atom is 0.265 e. The number of aromatic nitrogens is 1. The largest absolute Gasteiger partial charge is 0.495 e. The van der Waals surface area contributed by atoms with Crippen molar-refractivity contribution < 1.29 is 17.9 Å². The minimum Gasteiger partial charge on any atom is -0.495 e. The van der Waals surface area contributed by atoms with Crippen molar-refractivity contribution in [3.05, 3.63) is 76.6 Å². The van der Waals surface area contributed by atoms with E-state index < -0.39 is 10.0 Å². The summed E-state index contributed by atoms with van der Waals surface area (Å²) in [5.41, 5.74) is 3.35. The molecule has 0 radical (unpaired) electrons. The lowest BCUT2D eigenvalue weighted by Gasteiger charge is -2.30. The molecular formula is C23H22ClN3O4S. The van der Waals surface area contributed by atoms with Crippen molar-refractivity contribution in [1.82, 2.24) is 4.98 Å². The van der Waals surface area contributed by atoms with Gasteiger partial charge in [-0.3, -0.25) is 14.5 Å². The number of aryl methyl sites for hydroxylation is 2. The minimum absolute atomic E-state index is 0.0391. The Balaban J connectivity index is 1.64. The number of hydrogen-bond acceptors (Lipinski definition) is 5. The topological polar surface area (TPSA) is 88.6 Å². The first-order valence-electron chi connectivity index (χ1n) is 10.0. The standard InChI is InChI=1S/C23H22ClN3O4S/c1-15-12-21(31-2)22(14-19(15)24)32(29,30)26-18-5-6-20-17(13-18)4-3-11-27(20)23(28)16-7-9-25-10-8-16/h5-10,12-14,26H,3-4,11H2,1-2H3. The third-order valence-electron chi connectivity index (χ3n) is 5.36. The van der Waals surface area contributed by atoms with Gasteiger partial charge in [-0.2, -0.15) is 0 Å². The van der Waals surface area contributed by atoms with Gasteiger partial charge in [0.1, 0.15) is 10.6 Å². The van der Waals surface area contributed by atoms with E-state index in [1.165, 1.54) is 13.2 Å². The first-order valence-corrected chi connectivity index (χ1v) is 11.9. The molecule has 4 rings (SSSR count). The molecular weight excluding hydrogens is 450 g/mol. The third-order valence-corrected chi connectivity index (χ3v) is 7.17. The molecule has 0 spiro atoms. The first kappa shape index (κ1) is 22.1. The Labute approximate surface area is 192 Å². The van der Waals surface area contributed by atoms with E-state index in [9.17, 15) is 13.2 Å².